The number of furan rings is 1. The first kappa shape index (κ1) is 11.5. The minimum atomic E-state index is -0.235. The summed E-state index contributed by atoms with van der Waals surface area (Å²) >= 11 is 0. The Kier molecular flexibility index (Phi) is 2.34. The van der Waals surface area contributed by atoms with Crippen LogP contribution >= 0.6 is 0 Å². The van der Waals surface area contributed by atoms with Crippen LogP contribution in [0.3, 0.4) is 0 Å². The van der Waals surface area contributed by atoms with E-state index < -0.39 is 0 Å². The molecule has 5 nitrogen and oxygen atoms in total. The highest BCUT2D eigenvalue weighted by atomic mass is 16.3. The number of aromatic amines is 1. The SMILES string of the molecule is Bc1ccc2oc3c(=O)[nH]c([C@@H]4C=CCN4)nc3c2c1. The number of benzene rings is 1. The molecule has 20 heavy (non-hydrogen) atoms. The monoisotopic (exact) mass is 265 g/mol. The van der Waals surface area contributed by atoms with Crippen LogP contribution in [0.15, 0.2) is 39.6 Å². The Bertz CT molecular complexity index is 910. The van der Waals surface area contributed by atoms with Crippen LogP contribution < -0.4 is 16.3 Å². The van der Waals surface area contributed by atoms with E-state index in [9.17, 15) is 4.79 Å². The van der Waals surface area contributed by atoms with Gasteiger partial charge in [0.25, 0.3) is 5.56 Å². The van der Waals surface area contributed by atoms with Gasteiger partial charge in [-0.15, -0.1) is 0 Å². The van der Waals surface area contributed by atoms with Crippen LogP contribution in [0.1, 0.15) is 11.9 Å². The van der Waals surface area contributed by atoms with Gasteiger partial charge in [0, 0.05) is 11.9 Å². The predicted octanol–water partition coefficient (Wildman–Crippen LogP) is 0.128. The third kappa shape index (κ3) is 1.62. The van der Waals surface area contributed by atoms with E-state index in [1.165, 1.54) is 0 Å². The van der Waals surface area contributed by atoms with Gasteiger partial charge in [0.2, 0.25) is 5.58 Å². The number of hydrogen-bond acceptors (Lipinski definition) is 4. The number of nitrogens with one attached hydrogen (secondary N) is 2. The highest BCUT2D eigenvalue weighted by Crippen LogP contribution is 2.25. The minimum Gasteiger partial charge on any atom is -0.449 e. The molecule has 3 aromatic rings. The van der Waals surface area contributed by atoms with Crippen molar-refractivity contribution in [3.63, 3.8) is 0 Å². The Morgan fingerprint density at radius 2 is 2.30 bits per heavy atom. The molecular formula is C14H12BN3O2. The van der Waals surface area contributed by atoms with Gasteiger partial charge >= 0.3 is 0 Å². The molecule has 3 heterocycles. The Balaban J connectivity index is 2.06. The first-order valence-electron chi connectivity index (χ1n) is 6.55. The summed E-state index contributed by atoms with van der Waals surface area (Å²) in [5.41, 5.74) is 2.49. The van der Waals surface area contributed by atoms with Crippen molar-refractivity contribution < 1.29 is 4.42 Å². The number of rotatable bonds is 1. The topological polar surface area (TPSA) is 70.9 Å². The molecule has 0 saturated heterocycles. The molecule has 1 aliphatic heterocycles. The fourth-order valence-corrected chi connectivity index (χ4v) is 2.59. The molecule has 98 valence electrons. The van der Waals surface area contributed by atoms with Gasteiger partial charge in [-0.25, -0.2) is 4.98 Å². The first-order chi connectivity index (χ1) is 9.72. The van der Waals surface area contributed by atoms with Crippen molar-refractivity contribution in [3.05, 3.63) is 46.5 Å². The summed E-state index contributed by atoms with van der Waals surface area (Å²) in [7, 11) is 2.01. The van der Waals surface area contributed by atoms with Crippen molar-refractivity contribution in [3.8, 4) is 0 Å². The highest BCUT2D eigenvalue weighted by molar-refractivity contribution is 6.33. The average Bonchev–Trinajstić information content (AvgIpc) is 3.06. The third-order valence-corrected chi connectivity index (χ3v) is 3.58. The van der Waals surface area contributed by atoms with Crippen LogP contribution in [0.5, 0.6) is 0 Å². The molecule has 2 N–H and O–H groups in total. The smallest absolute Gasteiger partial charge is 0.294 e. The second kappa shape index (κ2) is 4.08. The quantitative estimate of drug-likeness (QED) is 0.484. The van der Waals surface area contributed by atoms with E-state index >= 15 is 0 Å². The van der Waals surface area contributed by atoms with E-state index in [1.54, 1.807) is 0 Å². The minimum absolute atomic E-state index is 0.0399. The summed E-state index contributed by atoms with van der Waals surface area (Å²) in [5, 5.41) is 4.13. The Hall–Kier alpha value is -2.34. The summed E-state index contributed by atoms with van der Waals surface area (Å²) in [4.78, 5) is 19.5. The number of fused-ring (bicyclic) bond motifs is 3. The summed E-state index contributed by atoms with van der Waals surface area (Å²) in [5.74, 6) is 0.625. The Morgan fingerprint density at radius 3 is 3.10 bits per heavy atom. The van der Waals surface area contributed by atoms with Crippen molar-refractivity contribution in [2.24, 2.45) is 0 Å². The zero-order valence-electron chi connectivity index (χ0n) is 10.9. The Labute approximate surface area is 115 Å². The van der Waals surface area contributed by atoms with E-state index in [4.69, 9.17) is 4.42 Å². The van der Waals surface area contributed by atoms with Crippen molar-refractivity contribution in [1.29, 1.82) is 0 Å². The lowest BCUT2D eigenvalue weighted by Crippen LogP contribution is -2.20. The molecule has 1 aromatic carbocycles. The standard InChI is InChI=1S/C14H12BN3O2/c15-7-3-4-10-8(6-7)11-12(20-10)14(19)18-13(17-11)9-2-1-5-16-9/h1-4,6,9,16H,5,15H2,(H,17,18,19)/t9-/m0/s1. The summed E-state index contributed by atoms with van der Waals surface area (Å²) in [6.07, 6.45) is 4.02. The lowest BCUT2D eigenvalue weighted by Gasteiger charge is -2.07. The molecule has 0 fully saturated rings. The van der Waals surface area contributed by atoms with Gasteiger partial charge in [-0.3, -0.25) is 4.79 Å². The van der Waals surface area contributed by atoms with E-state index in [1.807, 2.05) is 38.2 Å². The fourth-order valence-electron chi connectivity index (χ4n) is 2.59. The maximum Gasteiger partial charge on any atom is 0.294 e. The van der Waals surface area contributed by atoms with Crippen LogP contribution in [0.25, 0.3) is 22.1 Å². The lowest BCUT2D eigenvalue weighted by atomic mass is 9.95. The molecule has 0 saturated carbocycles. The van der Waals surface area contributed by atoms with Gasteiger partial charge in [0.05, 0.1) is 6.04 Å². The second-order valence-electron chi connectivity index (χ2n) is 5.04. The number of hydrogen-bond donors (Lipinski definition) is 2. The van der Waals surface area contributed by atoms with Gasteiger partial charge in [-0.2, -0.15) is 0 Å². The van der Waals surface area contributed by atoms with E-state index in [0.29, 0.717) is 16.9 Å². The van der Waals surface area contributed by atoms with E-state index in [0.717, 1.165) is 17.4 Å². The summed E-state index contributed by atoms with van der Waals surface area (Å²) < 4.78 is 5.61. The number of aromatic nitrogens is 2. The predicted molar refractivity (Wildman–Crippen MR) is 80.2 cm³/mol. The van der Waals surface area contributed by atoms with Crippen molar-refractivity contribution in [2.45, 2.75) is 6.04 Å². The molecule has 2 aromatic heterocycles. The van der Waals surface area contributed by atoms with Crippen molar-refractivity contribution >= 4 is 35.4 Å². The van der Waals surface area contributed by atoms with Gasteiger partial charge < -0.3 is 14.7 Å². The Morgan fingerprint density at radius 1 is 1.40 bits per heavy atom. The molecule has 0 unspecified atom stereocenters. The molecule has 4 rings (SSSR count). The van der Waals surface area contributed by atoms with E-state index in [2.05, 4.69) is 15.3 Å². The number of nitrogens with zero attached hydrogens (tertiary/aromatic N) is 1. The van der Waals surface area contributed by atoms with Gasteiger partial charge in [0.1, 0.15) is 24.8 Å². The molecule has 6 heteroatoms. The zero-order chi connectivity index (χ0) is 13.7. The van der Waals surface area contributed by atoms with Crippen LogP contribution in [0.2, 0.25) is 0 Å². The molecule has 0 aliphatic carbocycles. The van der Waals surface area contributed by atoms with Crippen molar-refractivity contribution in [2.75, 3.05) is 6.54 Å². The van der Waals surface area contributed by atoms with Crippen LogP contribution in [0, 0.1) is 0 Å². The molecule has 0 radical (unpaired) electrons. The zero-order valence-corrected chi connectivity index (χ0v) is 10.9. The maximum atomic E-state index is 12.2. The van der Waals surface area contributed by atoms with Gasteiger partial charge in [0.15, 0.2) is 0 Å². The summed E-state index contributed by atoms with van der Waals surface area (Å²) in [6, 6.07) is 5.79. The molecule has 1 aliphatic rings. The molecule has 0 spiro atoms. The van der Waals surface area contributed by atoms with Crippen LogP contribution in [-0.2, 0) is 0 Å². The molecule has 0 amide bonds. The largest absolute Gasteiger partial charge is 0.449 e. The normalized spacial score (nSPS) is 18.3. The van der Waals surface area contributed by atoms with Gasteiger partial charge in [-0.05, 0) is 6.07 Å². The van der Waals surface area contributed by atoms with Crippen molar-refractivity contribution in [1.82, 2.24) is 15.3 Å². The summed E-state index contributed by atoms with van der Waals surface area (Å²) in [6.45, 7) is 0.789. The van der Waals surface area contributed by atoms with E-state index in [-0.39, 0.29) is 17.2 Å². The molecule has 0 bridgehead atoms. The molecular weight excluding hydrogens is 253 g/mol. The van der Waals surface area contributed by atoms with Crippen LogP contribution in [-0.4, -0.2) is 24.4 Å². The lowest BCUT2D eigenvalue weighted by molar-refractivity contribution is 0.644. The molecule has 1 atom stereocenters. The first-order valence-corrected chi connectivity index (χ1v) is 6.55. The maximum absolute atomic E-state index is 12.2. The highest BCUT2D eigenvalue weighted by Gasteiger charge is 2.18. The number of H-pyrrole nitrogens is 1. The third-order valence-electron chi connectivity index (χ3n) is 3.58. The van der Waals surface area contributed by atoms with Gasteiger partial charge in [-0.1, -0.05) is 29.7 Å². The fraction of sp³-hybridized carbons (Fsp3) is 0.143. The van der Waals surface area contributed by atoms with Crippen LogP contribution in [0.4, 0.5) is 0 Å². The average molecular weight is 265 g/mol. The second-order valence-corrected chi connectivity index (χ2v) is 5.04.